The lowest BCUT2D eigenvalue weighted by Crippen LogP contribution is -2.49. The maximum atomic E-state index is 13.9. The van der Waals surface area contributed by atoms with Crippen LogP contribution in [0.3, 0.4) is 0 Å². The number of aliphatic hydroxyl groups is 1. The highest BCUT2D eigenvalue weighted by Crippen LogP contribution is 2.30. The number of aliphatic hydroxyl groups excluding tert-OH is 1. The molecule has 0 aliphatic carbocycles. The molecule has 0 saturated carbocycles. The number of likely N-dealkylation sites (tertiary alicyclic amines) is 2. The Kier molecular flexibility index (Phi) is 5.98. The van der Waals surface area contributed by atoms with Crippen LogP contribution in [0.2, 0.25) is 5.02 Å². The van der Waals surface area contributed by atoms with Gasteiger partial charge in [0, 0.05) is 19.1 Å². The number of methoxy groups -OCH3 is 1. The minimum Gasteiger partial charge on any atom is -0.492 e. The average Bonchev–Trinajstić information content (AvgIpc) is 2.55. The summed E-state index contributed by atoms with van der Waals surface area (Å²) in [4.78, 5) is 4.78. The third kappa shape index (κ3) is 4.20. The lowest BCUT2D eigenvalue weighted by atomic mass is 9.98. The number of hydrogen-bond acceptors (Lipinski definition) is 4. The maximum absolute atomic E-state index is 13.9. The molecule has 0 radical (unpaired) electrons. The molecule has 1 aromatic carbocycles. The fourth-order valence-electron chi connectivity index (χ4n) is 3.91. The van der Waals surface area contributed by atoms with Crippen molar-refractivity contribution in [2.24, 2.45) is 0 Å². The van der Waals surface area contributed by atoms with Crippen molar-refractivity contribution in [3.05, 3.63) is 28.5 Å². The lowest BCUT2D eigenvalue weighted by molar-refractivity contribution is 0.0243. The second kappa shape index (κ2) is 8.00. The summed E-state index contributed by atoms with van der Waals surface area (Å²) in [7, 11) is 1.42. The van der Waals surface area contributed by atoms with Crippen molar-refractivity contribution >= 4 is 11.6 Å². The third-order valence-electron chi connectivity index (χ3n) is 5.17. The van der Waals surface area contributed by atoms with Crippen LogP contribution in [0.15, 0.2) is 12.1 Å². The summed E-state index contributed by atoms with van der Waals surface area (Å²) in [5.41, 5.74) is 0.880. The van der Waals surface area contributed by atoms with Crippen molar-refractivity contribution in [2.45, 2.75) is 44.4 Å². The van der Waals surface area contributed by atoms with Gasteiger partial charge in [-0.25, -0.2) is 4.39 Å². The van der Waals surface area contributed by atoms with E-state index in [1.165, 1.54) is 13.2 Å². The lowest BCUT2D eigenvalue weighted by Gasteiger charge is -2.41. The Morgan fingerprint density at radius 1 is 1.25 bits per heavy atom. The van der Waals surface area contributed by atoms with Gasteiger partial charge in [-0.05, 0) is 63.0 Å². The highest BCUT2D eigenvalue weighted by molar-refractivity contribution is 6.32. The first-order valence-electron chi connectivity index (χ1n) is 8.73. The number of benzene rings is 1. The van der Waals surface area contributed by atoms with Crippen LogP contribution in [0.4, 0.5) is 4.39 Å². The molecule has 1 N–H and O–H groups in total. The van der Waals surface area contributed by atoms with E-state index in [2.05, 4.69) is 9.80 Å². The largest absolute Gasteiger partial charge is 0.492 e. The van der Waals surface area contributed by atoms with Gasteiger partial charge in [-0.1, -0.05) is 11.6 Å². The van der Waals surface area contributed by atoms with Crippen molar-refractivity contribution in [3.8, 4) is 5.75 Å². The standard InChI is InChI=1S/C18H26ClFN2O2/c1-24-18-16(19)9-13(10-17(18)20)11-21-7-4-14(5-8-21)22-6-2-3-15(23)12-22/h9-10,14-15,23H,2-8,11-12H2,1H3/t15-/m0/s1. The fraction of sp³-hybridized carbons (Fsp3) is 0.667. The van der Waals surface area contributed by atoms with Gasteiger partial charge in [-0.2, -0.15) is 0 Å². The molecular weight excluding hydrogens is 331 g/mol. The van der Waals surface area contributed by atoms with Crippen LogP contribution in [0.25, 0.3) is 0 Å². The number of ether oxygens (including phenoxy) is 1. The van der Waals surface area contributed by atoms with Crippen molar-refractivity contribution in [2.75, 3.05) is 33.3 Å². The van der Waals surface area contributed by atoms with E-state index in [1.807, 2.05) is 0 Å². The van der Waals surface area contributed by atoms with Gasteiger partial charge in [0.25, 0.3) is 0 Å². The van der Waals surface area contributed by atoms with Crippen LogP contribution in [-0.2, 0) is 6.54 Å². The van der Waals surface area contributed by atoms with Gasteiger partial charge in [0.2, 0.25) is 0 Å². The molecule has 2 aliphatic rings. The first kappa shape index (κ1) is 17.9. The molecule has 2 heterocycles. The number of hydrogen-bond donors (Lipinski definition) is 1. The zero-order valence-electron chi connectivity index (χ0n) is 14.2. The highest BCUT2D eigenvalue weighted by Gasteiger charge is 2.28. The second-order valence-electron chi connectivity index (χ2n) is 6.89. The van der Waals surface area contributed by atoms with Gasteiger partial charge in [-0.15, -0.1) is 0 Å². The molecule has 3 rings (SSSR count). The van der Waals surface area contributed by atoms with E-state index in [9.17, 15) is 9.50 Å². The SMILES string of the molecule is COc1c(F)cc(CN2CCC(N3CCC[C@H](O)C3)CC2)cc1Cl. The quantitative estimate of drug-likeness (QED) is 0.899. The van der Waals surface area contributed by atoms with Crippen LogP contribution in [0, 0.1) is 5.82 Å². The Bertz CT molecular complexity index is 541. The topological polar surface area (TPSA) is 35.9 Å². The number of β-amino-alcohol motifs (C(OH)–C–C–N with tert-alkyl or cyclic N) is 1. The molecule has 2 fully saturated rings. The first-order chi connectivity index (χ1) is 11.6. The van der Waals surface area contributed by atoms with Crippen LogP contribution in [0.5, 0.6) is 5.75 Å². The van der Waals surface area contributed by atoms with Gasteiger partial charge < -0.3 is 9.84 Å². The Balaban J connectivity index is 1.54. The first-order valence-corrected chi connectivity index (χ1v) is 9.11. The van der Waals surface area contributed by atoms with E-state index < -0.39 is 5.82 Å². The summed E-state index contributed by atoms with van der Waals surface area (Å²) >= 11 is 6.08. The monoisotopic (exact) mass is 356 g/mol. The third-order valence-corrected chi connectivity index (χ3v) is 5.45. The van der Waals surface area contributed by atoms with E-state index in [0.29, 0.717) is 17.6 Å². The second-order valence-corrected chi connectivity index (χ2v) is 7.30. The highest BCUT2D eigenvalue weighted by atomic mass is 35.5. The van der Waals surface area contributed by atoms with Crippen molar-refractivity contribution in [3.63, 3.8) is 0 Å². The molecule has 2 saturated heterocycles. The molecular formula is C18H26ClFN2O2. The summed E-state index contributed by atoms with van der Waals surface area (Å²) in [5, 5.41) is 10.2. The molecule has 0 spiro atoms. The predicted molar refractivity (Wildman–Crippen MR) is 93.1 cm³/mol. The number of halogens is 2. The summed E-state index contributed by atoms with van der Waals surface area (Å²) in [6.07, 6.45) is 4.05. The van der Waals surface area contributed by atoms with Crippen molar-refractivity contribution in [1.82, 2.24) is 9.80 Å². The molecule has 6 heteroatoms. The van der Waals surface area contributed by atoms with Crippen LogP contribution in [-0.4, -0.2) is 60.3 Å². The summed E-state index contributed by atoms with van der Waals surface area (Å²) in [5.74, 6) is -0.292. The normalized spacial score (nSPS) is 24.2. The van der Waals surface area contributed by atoms with Crippen molar-refractivity contribution < 1.29 is 14.2 Å². The Morgan fingerprint density at radius 2 is 2.00 bits per heavy atom. The molecule has 0 amide bonds. The maximum Gasteiger partial charge on any atom is 0.173 e. The zero-order valence-corrected chi connectivity index (χ0v) is 14.9. The van der Waals surface area contributed by atoms with Crippen LogP contribution >= 0.6 is 11.6 Å². The van der Waals surface area contributed by atoms with Gasteiger partial charge in [0.15, 0.2) is 11.6 Å². The van der Waals surface area contributed by atoms with Crippen molar-refractivity contribution in [1.29, 1.82) is 0 Å². The molecule has 1 atom stereocenters. The fourth-order valence-corrected chi connectivity index (χ4v) is 4.22. The Hall–Kier alpha value is -0.880. The smallest absolute Gasteiger partial charge is 0.173 e. The number of rotatable bonds is 4. The zero-order chi connectivity index (χ0) is 17.1. The van der Waals surface area contributed by atoms with Gasteiger partial charge >= 0.3 is 0 Å². The van der Waals surface area contributed by atoms with E-state index >= 15 is 0 Å². The molecule has 0 aromatic heterocycles. The minimum absolute atomic E-state index is 0.114. The summed E-state index contributed by atoms with van der Waals surface area (Å²) in [6, 6.07) is 3.86. The van der Waals surface area contributed by atoms with Crippen LogP contribution in [0.1, 0.15) is 31.2 Å². The summed E-state index contributed by atoms with van der Waals surface area (Å²) in [6.45, 7) is 4.59. The molecule has 134 valence electrons. The molecule has 4 nitrogen and oxygen atoms in total. The van der Waals surface area contributed by atoms with Gasteiger partial charge in [-0.3, -0.25) is 9.80 Å². The summed E-state index contributed by atoms with van der Waals surface area (Å²) < 4.78 is 18.9. The average molecular weight is 357 g/mol. The predicted octanol–water partition coefficient (Wildman–Crippen LogP) is 2.91. The van der Waals surface area contributed by atoms with E-state index in [0.717, 1.165) is 57.4 Å². The minimum atomic E-state index is -0.405. The molecule has 2 aliphatic heterocycles. The van der Waals surface area contributed by atoms with Gasteiger partial charge in [0.1, 0.15) is 0 Å². The Labute approximate surface area is 148 Å². The van der Waals surface area contributed by atoms with E-state index in [1.54, 1.807) is 6.07 Å². The molecule has 0 bridgehead atoms. The van der Waals surface area contributed by atoms with Crippen LogP contribution < -0.4 is 4.74 Å². The number of nitrogens with zero attached hydrogens (tertiary/aromatic N) is 2. The van der Waals surface area contributed by atoms with E-state index in [4.69, 9.17) is 16.3 Å². The van der Waals surface area contributed by atoms with E-state index in [-0.39, 0.29) is 11.9 Å². The Morgan fingerprint density at radius 3 is 2.62 bits per heavy atom. The molecule has 0 unspecified atom stereocenters. The number of piperidine rings is 2. The van der Waals surface area contributed by atoms with Gasteiger partial charge in [0.05, 0.1) is 18.2 Å². The molecule has 24 heavy (non-hydrogen) atoms. The molecule has 1 aromatic rings.